The van der Waals surface area contributed by atoms with Gasteiger partial charge in [-0.15, -0.1) is 0 Å². The van der Waals surface area contributed by atoms with Gasteiger partial charge in [0.15, 0.2) is 0 Å². The van der Waals surface area contributed by atoms with E-state index in [1.807, 2.05) is 13.8 Å². The molecule has 3 nitrogen and oxygen atoms in total. The lowest BCUT2D eigenvalue weighted by atomic mass is 9.82. The SMILES string of the molecule is COC(=O)C(C)(C)C[C@H]1CCOC1. The highest BCUT2D eigenvalue weighted by Gasteiger charge is 2.33. The van der Waals surface area contributed by atoms with E-state index < -0.39 is 0 Å². The number of esters is 1. The predicted octanol–water partition coefficient (Wildman–Crippen LogP) is 1.61. The molecule has 0 unspecified atom stereocenters. The molecule has 76 valence electrons. The zero-order valence-electron chi connectivity index (χ0n) is 8.63. The van der Waals surface area contributed by atoms with Crippen LogP contribution in [0.1, 0.15) is 26.7 Å². The average Bonchev–Trinajstić information content (AvgIpc) is 2.54. The summed E-state index contributed by atoms with van der Waals surface area (Å²) >= 11 is 0. The largest absolute Gasteiger partial charge is 0.469 e. The quantitative estimate of drug-likeness (QED) is 0.628. The van der Waals surface area contributed by atoms with Gasteiger partial charge in [0.25, 0.3) is 0 Å². The average molecular weight is 186 g/mol. The summed E-state index contributed by atoms with van der Waals surface area (Å²) in [4.78, 5) is 11.4. The van der Waals surface area contributed by atoms with Gasteiger partial charge in [-0.2, -0.15) is 0 Å². The van der Waals surface area contributed by atoms with Crippen LogP contribution < -0.4 is 0 Å². The van der Waals surface area contributed by atoms with Crippen LogP contribution in [-0.2, 0) is 14.3 Å². The first-order valence-electron chi connectivity index (χ1n) is 4.72. The second-order valence-electron chi connectivity index (χ2n) is 4.31. The van der Waals surface area contributed by atoms with Crippen molar-refractivity contribution in [1.82, 2.24) is 0 Å². The summed E-state index contributed by atoms with van der Waals surface area (Å²) in [5.74, 6) is 0.397. The minimum absolute atomic E-state index is 0.126. The standard InChI is InChI=1S/C10H18O3/c1-10(2,9(11)12-3)6-8-4-5-13-7-8/h8H,4-7H2,1-3H3/t8-/m1/s1. The van der Waals surface area contributed by atoms with Gasteiger partial charge < -0.3 is 9.47 Å². The van der Waals surface area contributed by atoms with E-state index in [9.17, 15) is 4.79 Å². The third kappa shape index (κ3) is 2.69. The zero-order valence-corrected chi connectivity index (χ0v) is 8.63. The van der Waals surface area contributed by atoms with Crippen LogP contribution >= 0.6 is 0 Å². The van der Waals surface area contributed by atoms with Crippen LogP contribution in [0.3, 0.4) is 0 Å². The monoisotopic (exact) mass is 186 g/mol. The molecular weight excluding hydrogens is 168 g/mol. The Bertz CT molecular complexity index is 181. The summed E-state index contributed by atoms with van der Waals surface area (Å²) in [6.07, 6.45) is 1.93. The molecule has 1 saturated heterocycles. The molecule has 0 N–H and O–H groups in total. The lowest BCUT2D eigenvalue weighted by Crippen LogP contribution is -2.28. The second kappa shape index (κ2) is 4.09. The van der Waals surface area contributed by atoms with E-state index in [-0.39, 0.29) is 11.4 Å². The van der Waals surface area contributed by atoms with Crippen molar-refractivity contribution in [2.24, 2.45) is 11.3 Å². The Balaban J connectivity index is 2.44. The van der Waals surface area contributed by atoms with Gasteiger partial charge in [-0.1, -0.05) is 0 Å². The summed E-state index contributed by atoms with van der Waals surface area (Å²) in [5, 5.41) is 0. The number of hydrogen-bond donors (Lipinski definition) is 0. The summed E-state index contributed by atoms with van der Waals surface area (Å²) in [6.45, 7) is 5.48. The predicted molar refractivity (Wildman–Crippen MR) is 49.3 cm³/mol. The maximum absolute atomic E-state index is 11.4. The molecule has 1 aliphatic rings. The van der Waals surface area contributed by atoms with Crippen molar-refractivity contribution in [3.05, 3.63) is 0 Å². The Morgan fingerprint density at radius 2 is 2.31 bits per heavy atom. The highest BCUT2D eigenvalue weighted by Crippen LogP contribution is 2.30. The van der Waals surface area contributed by atoms with Gasteiger partial charge in [0.2, 0.25) is 0 Å². The molecule has 0 spiro atoms. The van der Waals surface area contributed by atoms with Crippen molar-refractivity contribution >= 4 is 5.97 Å². The number of rotatable bonds is 3. The minimum atomic E-state index is -0.368. The van der Waals surface area contributed by atoms with Gasteiger partial charge >= 0.3 is 5.97 Å². The van der Waals surface area contributed by atoms with Gasteiger partial charge in [-0.25, -0.2) is 0 Å². The first-order chi connectivity index (χ1) is 6.06. The Morgan fingerprint density at radius 1 is 1.62 bits per heavy atom. The lowest BCUT2D eigenvalue weighted by molar-refractivity contribution is -0.151. The van der Waals surface area contributed by atoms with Crippen molar-refractivity contribution in [2.45, 2.75) is 26.7 Å². The molecule has 1 atom stereocenters. The summed E-state index contributed by atoms with van der Waals surface area (Å²) in [5.41, 5.74) is -0.368. The van der Waals surface area contributed by atoms with Gasteiger partial charge in [0, 0.05) is 13.2 Å². The molecule has 13 heavy (non-hydrogen) atoms. The van der Waals surface area contributed by atoms with E-state index in [4.69, 9.17) is 9.47 Å². The van der Waals surface area contributed by atoms with E-state index in [1.165, 1.54) is 7.11 Å². The lowest BCUT2D eigenvalue weighted by Gasteiger charge is -2.23. The first kappa shape index (κ1) is 10.5. The van der Waals surface area contributed by atoms with Crippen LogP contribution in [0.25, 0.3) is 0 Å². The van der Waals surface area contributed by atoms with Crippen LogP contribution in [0.5, 0.6) is 0 Å². The Labute approximate surface area is 79.4 Å². The molecule has 0 radical (unpaired) electrons. The molecule has 0 aromatic carbocycles. The Kier molecular flexibility index (Phi) is 3.31. The van der Waals surface area contributed by atoms with Crippen LogP contribution in [-0.4, -0.2) is 26.3 Å². The van der Waals surface area contributed by atoms with Gasteiger partial charge in [-0.3, -0.25) is 4.79 Å². The smallest absolute Gasteiger partial charge is 0.311 e. The molecule has 0 saturated carbocycles. The topological polar surface area (TPSA) is 35.5 Å². The minimum Gasteiger partial charge on any atom is -0.469 e. The summed E-state index contributed by atoms with van der Waals surface area (Å²) in [6, 6.07) is 0. The van der Waals surface area contributed by atoms with Gasteiger partial charge in [0.1, 0.15) is 0 Å². The molecule has 1 fully saturated rings. The molecular formula is C10H18O3. The second-order valence-corrected chi connectivity index (χ2v) is 4.31. The Morgan fingerprint density at radius 3 is 2.77 bits per heavy atom. The van der Waals surface area contributed by atoms with Crippen LogP contribution in [0.4, 0.5) is 0 Å². The van der Waals surface area contributed by atoms with E-state index in [1.54, 1.807) is 0 Å². The molecule has 0 bridgehead atoms. The van der Waals surface area contributed by atoms with Crippen LogP contribution in [0.2, 0.25) is 0 Å². The maximum Gasteiger partial charge on any atom is 0.311 e. The number of carbonyl (C=O) groups excluding carboxylic acids is 1. The molecule has 0 amide bonds. The molecule has 0 aromatic heterocycles. The third-order valence-corrected chi connectivity index (χ3v) is 2.56. The van der Waals surface area contributed by atoms with Crippen molar-refractivity contribution in [3.63, 3.8) is 0 Å². The molecule has 1 rings (SSSR count). The third-order valence-electron chi connectivity index (χ3n) is 2.56. The van der Waals surface area contributed by atoms with Crippen LogP contribution in [0.15, 0.2) is 0 Å². The van der Waals surface area contributed by atoms with Crippen molar-refractivity contribution < 1.29 is 14.3 Å². The number of carbonyl (C=O) groups is 1. The van der Waals surface area contributed by atoms with Crippen molar-refractivity contribution in [1.29, 1.82) is 0 Å². The summed E-state index contributed by atoms with van der Waals surface area (Å²) < 4.78 is 10.0. The van der Waals surface area contributed by atoms with E-state index >= 15 is 0 Å². The molecule has 0 aromatic rings. The Hall–Kier alpha value is -0.570. The normalized spacial score (nSPS) is 23.2. The number of methoxy groups -OCH3 is 1. The van der Waals surface area contributed by atoms with E-state index in [2.05, 4.69) is 0 Å². The van der Waals surface area contributed by atoms with Crippen molar-refractivity contribution in [3.8, 4) is 0 Å². The van der Waals surface area contributed by atoms with Gasteiger partial charge in [0.05, 0.1) is 12.5 Å². The van der Waals surface area contributed by atoms with Crippen molar-refractivity contribution in [2.75, 3.05) is 20.3 Å². The molecule has 3 heteroatoms. The summed E-state index contributed by atoms with van der Waals surface area (Å²) in [7, 11) is 1.44. The van der Waals surface area contributed by atoms with E-state index in [0.717, 1.165) is 26.1 Å². The van der Waals surface area contributed by atoms with Gasteiger partial charge in [-0.05, 0) is 32.6 Å². The fraction of sp³-hybridized carbons (Fsp3) is 0.900. The number of ether oxygens (including phenoxy) is 2. The molecule has 1 heterocycles. The highest BCUT2D eigenvalue weighted by atomic mass is 16.5. The van der Waals surface area contributed by atoms with E-state index in [0.29, 0.717) is 5.92 Å². The molecule has 0 aliphatic carbocycles. The fourth-order valence-electron chi connectivity index (χ4n) is 1.83. The molecule has 1 aliphatic heterocycles. The maximum atomic E-state index is 11.4. The highest BCUT2D eigenvalue weighted by molar-refractivity contribution is 5.75. The first-order valence-corrected chi connectivity index (χ1v) is 4.72. The fourth-order valence-corrected chi connectivity index (χ4v) is 1.83. The zero-order chi connectivity index (χ0) is 9.90. The van der Waals surface area contributed by atoms with Crippen LogP contribution in [0, 0.1) is 11.3 Å². The number of hydrogen-bond acceptors (Lipinski definition) is 3.